The van der Waals surface area contributed by atoms with E-state index in [1.807, 2.05) is 0 Å². The molecule has 1 aliphatic rings. The second-order valence-corrected chi connectivity index (χ2v) is 7.73. The van der Waals surface area contributed by atoms with Gasteiger partial charge in [0.25, 0.3) is 5.91 Å². The first kappa shape index (κ1) is 23.1. The van der Waals surface area contributed by atoms with Crippen molar-refractivity contribution in [1.82, 2.24) is 9.80 Å². The van der Waals surface area contributed by atoms with Gasteiger partial charge in [-0.15, -0.1) is 0 Å². The lowest BCUT2D eigenvalue weighted by molar-refractivity contribution is -0.119. The topological polar surface area (TPSA) is 80.3 Å². The number of rotatable bonds is 4. The molecule has 1 N–H and O–H groups in total. The van der Waals surface area contributed by atoms with Gasteiger partial charge in [0, 0.05) is 52.2 Å². The number of anilines is 1. The number of nitrogens with one attached hydrogen (secondary N) is 1. The van der Waals surface area contributed by atoms with E-state index in [4.69, 9.17) is 14.2 Å². The predicted molar refractivity (Wildman–Crippen MR) is 111 cm³/mol. The zero-order valence-electron chi connectivity index (χ0n) is 18.2. The summed E-state index contributed by atoms with van der Waals surface area (Å²) < 4.78 is 16.5. The third-order valence-electron chi connectivity index (χ3n) is 5.32. The maximum atomic E-state index is 13.1. The molecule has 0 fully saturated rings. The van der Waals surface area contributed by atoms with E-state index in [9.17, 15) is 9.59 Å². The maximum absolute atomic E-state index is 13.1. The van der Waals surface area contributed by atoms with Crippen LogP contribution in [0.1, 0.15) is 24.2 Å². The molecular weight excluding hydrogens is 374 g/mol. The average molecular weight is 408 g/mol. The van der Waals surface area contributed by atoms with Crippen molar-refractivity contribution in [3.05, 3.63) is 23.8 Å². The molecule has 0 spiro atoms. The van der Waals surface area contributed by atoms with Gasteiger partial charge in [-0.25, -0.2) is 0 Å². The van der Waals surface area contributed by atoms with Gasteiger partial charge in [-0.3, -0.25) is 14.5 Å². The minimum absolute atomic E-state index is 0.0436. The number of fused-ring (bicyclic) bond motifs is 1. The summed E-state index contributed by atoms with van der Waals surface area (Å²) in [6, 6.07) is 5.20. The van der Waals surface area contributed by atoms with Crippen molar-refractivity contribution in [2.75, 3.05) is 59.9 Å². The number of carbonyl (C=O) groups is 2. The molecule has 0 saturated carbocycles. The first-order valence-corrected chi connectivity index (χ1v) is 9.80. The van der Waals surface area contributed by atoms with Crippen LogP contribution >= 0.6 is 0 Å². The Morgan fingerprint density at radius 2 is 1.97 bits per heavy atom. The summed E-state index contributed by atoms with van der Waals surface area (Å²) >= 11 is 0. The number of ether oxygens (including phenoxy) is 3. The molecule has 0 aromatic heterocycles. The first-order chi connectivity index (χ1) is 13.8. The van der Waals surface area contributed by atoms with Gasteiger partial charge in [0.1, 0.15) is 19.0 Å². The van der Waals surface area contributed by atoms with Crippen LogP contribution in [0, 0.1) is 5.92 Å². The van der Waals surface area contributed by atoms with Gasteiger partial charge in [-0.1, -0.05) is 6.92 Å². The van der Waals surface area contributed by atoms with Crippen LogP contribution in [0.2, 0.25) is 0 Å². The number of benzene rings is 1. The zero-order chi connectivity index (χ0) is 21.6. The highest BCUT2D eigenvalue weighted by Gasteiger charge is 2.27. The quantitative estimate of drug-likeness (QED) is 0.819. The Hall–Kier alpha value is -2.16. The molecule has 8 nitrogen and oxygen atoms in total. The lowest BCUT2D eigenvalue weighted by Gasteiger charge is -2.34. The van der Waals surface area contributed by atoms with E-state index in [1.54, 1.807) is 37.3 Å². The molecule has 2 rings (SSSR count). The van der Waals surface area contributed by atoms with Crippen LogP contribution in [0.5, 0.6) is 5.75 Å². The number of hydrogen-bond donors (Lipinski definition) is 1. The number of likely N-dealkylation sites (N-methyl/N-ethyl adjacent to an activating group) is 2. The number of amides is 2. The Kier molecular flexibility index (Phi) is 8.43. The van der Waals surface area contributed by atoms with E-state index in [0.717, 1.165) is 6.54 Å². The average Bonchev–Trinajstić information content (AvgIpc) is 2.68. The summed E-state index contributed by atoms with van der Waals surface area (Å²) in [6.07, 6.45) is -0.0741. The van der Waals surface area contributed by atoms with Crippen LogP contribution in [0.15, 0.2) is 18.2 Å². The molecule has 1 heterocycles. The molecule has 0 bridgehead atoms. The number of methoxy groups -OCH3 is 2. The molecule has 0 unspecified atom stereocenters. The van der Waals surface area contributed by atoms with E-state index in [1.165, 1.54) is 7.11 Å². The van der Waals surface area contributed by atoms with Gasteiger partial charge in [-0.05, 0) is 32.0 Å². The maximum Gasteiger partial charge on any atom is 0.257 e. The Bertz CT molecular complexity index is 712. The summed E-state index contributed by atoms with van der Waals surface area (Å²) in [5.74, 6) is 0.277. The molecule has 0 aliphatic carbocycles. The summed E-state index contributed by atoms with van der Waals surface area (Å²) in [4.78, 5) is 28.8. The minimum atomic E-state index is -0.269. The van der Waals surface area contributed by atoms with E-state index < -0.39 is 0 Å². The molecular formula is C21H33N3O5. The van der Waals surface area contributed by atoms with Crippen molar-refractivity contribution in [1.29, 1.82) is 0 Å². The van der Waals surface area contributed by atoms with Crippen molar-refractivity contribution >= 4 is 17.5 Å². The summed E-state index contributed by atoms with van der Waals surface area (Å²) in [5, 5.41) is 2.75. The second kappa shape index (κ2) is 10.6. The third kappa shape index (κ3) is 6.16. The SMILES string of the molecule is COCC(=O)Nc1ccc2c(c1)OC[C@@H](C)N(C)C[C@@H](C)[C@@H](OC)CN(C)C2=O. The molecule has 8 heteroatoms. The lowest BCUT2D eigenvalue weighted by atomic mass is 10.0. The van der Waals surface area contributed by atoms with E-state index in [-0.39, 0.29) is 36.5 Å². The monoisotopic (exact) mass is 407 g/mol. The van der Waals surface area contributed by atoms with Gasteiger partial charge < -0.3 is 24.4 Å². The molecule has 1 aliphatic heterocycles. The van der Waals surface area contributed by atoms with Crippen LogP contribution in [0.3, 0.4) is 0 Å². The van der Waals surface area contributed by atoms with E-state index in [0.29, 0.717) is 30.2 Å². The summed E-state index contributed by atoms with van der Waals surface area (Å²) in [6.45, 7) is 5.89. The molecule has 1 aromatic carbocycles. The van der Waals surface area contributed by atoms with Crippen LogP contribution in [0.25, 0.3) is 0 Å². The zero-order valence-corrected chi connectivity index (χ0v) is 18.2. The van der Waals surface area contributed by atoms with E-state index in [2.05, 4.69) is 31.1 Å². The van der Waals surface area contributed by atoms with Gasteiger partial charge in [-0.2, -0.15) is 0 Å². The summed E-state index contributed by atoms with van der Waals surface area (Å²) in [7, 11) is 6.96. The Morgan fingerprint density at radius 1 is 1.24 bits per heavy atom. The van der Waals surface area contributed by atoms with Crippen molar-refractivity contribution in [3.8, 4) is 5.75 Å². The molecule has 3 atom stereocenters. The molecule has 1 aromatic rings. The molecule has 0 radical (unpaired) electrons. The van der Waals surface area contributed by atoms with Gasteiger partial charge >= 0.3 is 0 Å². The van der Waals surface area contributed by atoms with Gasteiger partial charge in [0.2, 0.25) is 5.91 Å². The lowest BCUT2D eigenvalue weighted by Crippen LogP contribution is -2.45. The largest absolute Gasteiger partial charge is 0.491 e. The van der Waals surface area contributed by atoms with Gasteiger partial charge in [0.05, 0.1) is 11.7 Å². The van der Waals surface area contributed by atoms with E-state index >= 15 is 0 Å². The van der Waals surface area contributed by atoms with Crippen molar-refractivity contribution in [3.63, 3.8) is 0 Å². The predicted octanol–water partition coefficient (Wildman–Crippen LogP) is 1.71. The fraction of sp³-hybridized carbons (Fsp3) is 0.619. The minimum Gasteiger partial charge on any atom is -0.491 e. The summed E-state index contributed by atoms with van der Waals surface area (Å²) in [5.41, 5.74) is 1.01. The Morgan fingerprint density at radius 3 is 2.62 bits per heavy atom. The standard InChI is InChI=1S/C21H33N3O5/c1-14-10-23(3)15(2)12-29-18-9-16(22-20(25)13-27-5)7-8-17(18)21(26)24(4)11-19(14)28-6/h7-9,14-15,19H,10-13H2,1-6H3,(H,22,25)/t14-,15-,19+/m1/s1. The third-order valence-corrected chi connectivity index (χ3v) is 5.32. The van der Waals surface area contributed by atoms with Crippen molar-refractivity contribution in [2.45, 2.75) is 26.0 Å². The second-order valence-electron chi connectivity index (χ2n) is 7.73. The smallest absolute Gasteiger partial charge is 0.257 e. The fourth-order valence-corrected chi connectivity index (χ4v) is 3.36. The van der Waals surface area contributed by atoms with Crippen LogP contribution in [-0.2, 0) is 14.3 Å². The fourth-order valence-electron chi connectivity index (χ4n) is 3.36. The van der Waals surface area contributed by atoms with Crippen LogP contribution < -0.4 is 10.1 Å². The number of carbonyl (C=O) groups excluding carboxylic acids is 2. The van der Waals surface area contributed by atoms with Crippen LogP contribution in [0.4, 0.5) is 5.69 Å². The van der Waals surface area contributed by atoms with Crippen molar-refractivity contribution < 1.29 is 23.8 Å². The van der Waals surface area contributed by atoms with Crippen LogP contribution in [-0.4, -0.2) is 88.4 Å². The number of nitrogens with zero attached hydrogens (tertiary/aromatic N) is 2. The van der Waals surface area contributed by atoms with Crippen molar-refractivity contribution in [2.24, 2.45) is 5.92 Å². The molecule has 2 amide bonds. The molecule has 162 valence electrons. The highest BCUT2D eigenvalue weighted by Crippen LogP contribution is 2.26. The van der Waals surface area contributed by atoms with Gasteiger partial charge in [0.15, 0.2) is 0 Å². The Labute approximate surface area is 173 Å². The normalized spacial score (nSPS) is 24.1. The molecule has 0 saturated heterocycles. The first-order valence-electron chi connectivity index (χ1n) is 9.80. The highest BCUT2D eigenvalue weighted by molar-refractivity contribution is 5.98. The highest BCUT2D eigenvalue weighted by atomic mass is 16.5. The number of hydrogen-bond acceptors (Lipinski definition) is 6. The Balaban J connectivity index is 2.35. The molecule has 29 heavy (non-hydrogen) atoms.